The molecule has 0 aliphatic heterocycles. The van der Waals surface area contributed by atoms with E-state index in [-0.39, 0.29) is 17.1 Å². The molecule has 0 radical (unpaired) electrons. The lowest BCUT2D eigenvalue weighted by molar-refractivity contribution is 0.0939. The van der Waals surface area contributed by atoms with Crippen LogP contribution in [0.3, 0.4) is 0 Å². The van der Waals surface area contributed by atoms with Gasteiger partial charge in [0, 0.05) is 6.54 Å². The molecule has 0 spiro atoms. The summed E-state index contributed by atoms with van der Waals surface area (Å²) in [6.07, 6.45) is 2.26. The number of carbonyl (C=O) groups excluding carboxylic acids is 1. The molecule has 0 aliphatic rings. The van der Waals surface area contributed by atoms with Crippen molar-refractivity contribution < 1.29 is 4.79 Å². The second kappa shape index (κ2) is 4.21. The highest BCUT2D eigenvalue weighted by Gasteiger charge is 2.12. The van der Waals surface area contributed by atoms with Gasteiger partial charge < -0.3 is 5.32 Å². The Morgan fingerprint density at radius 3 is 2.79 bits per heavy atom. The average molecular weight is 196 g/mol. The number of hydrogen-bond acceptors (Lipinski definition) is 3. The van der Waals surface area contributed by atoms with Gasteiger partial charge >= 0.3 is 0 Å². The minimum atomic E-state index is -0.202. The normalized spacial score (nSPS) is 11.4. The van der Waals surface area contributed by atoms with Crippen LogP contribution in [-0.4, -0.2) is 27.6 Å². The van der Waals surface area contributed by atoms with Crippen molar-refractivity contribution in [3.63, 3.8) is 0 Å². The van der Waals surface area contributed by atoms with Crippen LogP contribution >= 0.6 is 0 Å². The Bertz CT molecular complexity index is 286. The summed E-state index contributed by atoms with van der Waals surface area (Å²) in [5.41, 5.74) is 0.231. The Labute approximate surface area is 83.3 Å². The van der Waals surface area contributed by atoms with Crippen molar-refractivity contribution in [3.8, 4) is 0 Å². The molecule has 5 nitrogen and oxygen atoms in total. The highest BCUT2D eigenvalue weighted by atomic mass is 16.2. The smallest absolute Gasteiger partial charge is 0.288 e. The maximum atomic E-state index is 11.3. The Hall–Kier alpha value is -1.39. The number of nitrogens with zero attached hydrogens (tertiary/aromatic N) is 2. The first-order valence-electron chi connectivity index (χ1n) is 4.62. The van der Waals surface area contributed by atoms with E-state index in [1.54, 1.807) is 0 Å². The molecule has 14 heavy (non-hydrogen) atoms. The Morgan fingerprint density at radius 2 is 2.29 bits per heavy atom. The van der Waals surface area contributed by atoms with Crippen LogP contribution < -0.4 is 5.32 Å². The Kier molecular flexibility index (Phi) is 3.22. The molecule has 0 atom stereocenters. The first-order chi connectivity index (χ1) is 6.49. The molecular weight excluding hydrogens is 180 g/mol. The van der Waals surface area contributed by atoms with Crippen LogP contribution in [0.15, 0.2) is 6.33 Å². The summed E-state index contributed by atoms with van der Waals surface area (Å²) in [6.45, 7) is 7.05. The molecule has 0 bridgehead atoms. The van der Waals surface area contributed by atoms with Crippen LogP contribution in [0.1, 0.15) is 37.8 Å². The second-order valence-electron chi connectivity index (χ2n) is 4.40. The van der Waals surface area contributed by atoms with E-state index in [9.17, 15) is 4.79 Å². The lowest BCUT2D eigenvalue weighted by Gasteiger charge is -2.17. The minimum Gasteiger partial charge on any atom is -0.349 e. The molecule has 0 aliphatic carbocycles. The van der Waals surface area contributed by atoms with Gasteiger partial charge in [0.1, 0.15) is 6.33 Å². The highest BCUT2D eigenvalue weighted by molar-refractivity contribution is 5.90. The first-order valence-corrected chi connectivity index (χ1v) is 4.62. The molecule has 1 aromatic rings. The lowest BCUT2D eigenvalue weighted by atomic mass is 9.92. The topological polar surface area (TPSA) is 70.7 Å². The summed E-state index contributed by atoms with van der Waals surface area (Å²) < 4.78 is 0. The van der Waals surface area contributed by atoms with Crippen LogP contribution in [0.25, 0.3) is 0 Å². The molecule has 1 amide bonds. The fourth-order valence-electron chi connectivity index (χ4n) is 0.950. The molecular formula is C9H16N4O. The zero-order valence-corrected chi connectivity index (χ0v) is 8.79. The van der Waals surface area contributed by atoms with Gasteiger partial charge in [0.2, 0.25) is 5.82 Å². The van der Waals surface area contributed by atoms with Crippen LogP contribution in [0.4, 0.5) is 0 Å². The third kappa shape index (κ3) is 3.55. The molecule has 2 N–H and O–H groups in total. The van der Waals surface area contributed by atoms with Crippen LogP contribution in [0, 0.1) is 5.41 Å². The Morgan fingerprint density at radius 1 is 1.57 bits per heavy atom. The largest absolute Gasteiger partial charge is 0.349 e. The molecule has 0 saturated heterocycles. The number of hydrogen-bond donors (Lipinski definition) is 2. The number of aromatic nitrogens is 3. The number of amides is 1. The third-order valence-electron chi connectivity index (χ3n) is 1.79. The molecule has 0 saturated carbocycles. The minimum absolute atomic E-state index is 0.202. The van der Waals surface area contributed by atoms with Gasteiger partial charge in [-0.2, -0.15) is 5.10 Å². The molecule has 78 valence electrons. The molecule has 1 aromatic heterocycles. The molecule has 0 fully saturated rings. The maximum absolute atomic E-state index is 11.3. The molecule has 1 heterocycles. The predicted octanol–water partition coefficient (Wildman–Crippen LogP) is 0.971. The van der Waals surface area contributed by atoms with Crippen LogP contribution in [-0.2, 0) is 0 Å². The number of carbonyl (C=O) groups is 1. The lowest BCUT2D eigenvalue weighted by Crippen LogP contribution is -2.28. The predicted molar refractivity (Wildman–Crippen MR) is 52.8 cm³/mol. The van der Waals surface area contributed by atoms with Gasteiger partial charge in [0.15, 0.2) is 0 Å². The van der Waals surface area contributed by atoms with E-state index < -0.39 is 0 Å². The second-order valence-corrected chi connectivity index (χ2v) is 4.40. The molecule has 5 heteroatoms. The fourth-order valence-corrected chi connectivity index (χ4v) is 0.950. The van der Waals surface area contributed by atoms with Gasteiger partial charge in [-0.1, -0.05) is 20.8 Å². The fraction of sp³-hybridized carbons (Fsp3) is 0.667. The van der Waals surface area contributed by atoms with Gasteiger partial charge in [-0.15, -0.1) is 0 Å². The summed E-state index contributed by atoms with van der Waals surface area (Å²) >= 11 is 0. The first kappa shape index (κ1) is 10.7. The van der Waals surface area contributed by atoms with E-state index in [4.69, 9.17) is 0 Å². The number of H-pyrrole nitrogens is 1. The van der Waals surface area contributed by atoms with E-state index in [0.717, 1.165) is 6.42 Å². The number of nitrogens with one attached hydrogen (secondary N) is 2. The van der Waals surface area contributed by atoms with Crippen molar-refractivity contribution in [1.29, 1.82) is 0 Å². The standard InChI is InChI=1S/C9H16N4O/c1-9(2,3)4-5-10-8(14)7-11-6-12-13-7/h6H,4-5H2,1-3H3,(H,10,14)(H,11,12,13). The van der Waals surface area contributed by atoms with Gasteiger partial charge in [-0.25, -0.2) is 4.98 Å². The van der Waals surface area contributed by atoms with E-state index in [1.165, 1.54) is 6.33 Å². The molecule has 1 rings (SSSR count). The quantitative estimate of drug-likeness (QED) is 0.756. The van der Waals surface area contributed by atoms with Crippen molar-refractivity contribution in [3.05, 3.63) is 12.2 Å². The van der Waals surface area contributed by atoms with Crippen molar-refractivity contribution in [1.82, 2.24) is 20.5 Å². The summed E-state index contributed by atoms with van der Waals surface area (Å²) in [6, 6.07) is 0. The van der Waals surface area contributed by atoms with Gasteiger partial charge in [0.05, 0.1) is 0 Å². The highest BCUT2D eigenvalue weighted by Crippen LogP contribution is 2.16. The van der Waals surface area contributed by atoms with E-state index >= 15 is 0 Å². The zero-order chi connectivity index (χ0) is 10.6. The van der Waals surface area contributed by atoms with Crippen molar-refractivity contribution >= 4 is 5.91 Å². The summed E-state index contributed by atoms with van der Waals surface area (Å²) in [4.78, 5) is 15.1. The van der Waals surface area contributed by atoms with E-state index in [1.807, 2.05) is 0 Å². The van der Waals surface area contributed by atoms with Crippen molar-refractivity contribution in [2.24, 2.45) is 5.41 Å². The van der Waals surface area contributed by atoms with E-state index in [2.05, 4.69) is 41.3 Å². The zero-order valence-electron chi connectivity index (χ0n) is 8.79. The van der Waals surface area contributed by atoms with Gasteiger partial charge in [-0.05, 0) is 11.8 Å². The summed E-state index contributed by atoms with van der Waals surface area (Å²) in [7, 11) is 0. The van der Waals surface area contributed by atoms with Gasteiger partial charge in [0.25, 0.3) is 5.91 Å². The number of rotatable bonds is 3. The molecule has 0 aromatic carbocycles. The van der Waals surface area contributed by atoms with Gasteiger partial charge in [-0.3, -0.25) is 9.89 Å². The van der Waals surface area contributed by atoms with Crippen LogP contribution in [0.5, 0.6) is 0 Å². The summed E-state index contributed by atoms with van der Waals surface area (Å²) in [5.74, 6) is 0.0608. The SMILES string of the molecule is CC(C)(C)CCNC(=O)c1ncn[nH]1. The van der Waals surface area contributed by atoms with Crippen molar-refractivity contribution in [2.75, 3.05) is 6.54 Å². The van der Waals surface area contributed by atoms with Crippen molar-refractivity contribution in [2.45, 2.75) is 27.2 Å². The molecule has 0 unspecified atom stereocenters. The monoisotopic (exact) mass is 196 g/mol. The number of aromatic amines is 1. The third-order valence-corrected chi connectivity index (χ3v) is 1.79. The Balaban J connectivity index is 2.30. The van der Waals surface area contributed by atoms with Crippen LogP contribution in [0.2, 0.25) is 0 Å². The maximum Gasteiger partial charge on any atom is 0.288 e. The van der Waals surface area contributed by atoms with E-state index in [0.29, 0.717) is 6.54 Å². The average Bonchev–Trinajstić information content (AvgIpc) is 2.53. The summed E-state index contributed by atoms with van der Waals surface area (Å²) in [5, 5.41) is 8.88.